The molecule has 0 radical (unpaired) electrons. The van der Waals surface area contributed by atoms with Crippen molar-refractivity contribution >= 4 is 23.5 Å². The molecule has 0 aliphatic carbocycles. The molecule has 0 atom stereocenters. The van der Waals surface area contributed by atoms with Gasteiger partial charge in [0.15, 0.2) is 5.82 Å². The van der Waals surface area contributed by atoms with E-state index in [2.05, 4.69) is 41.1 Å². The fraction of sp³-hybridized carbons (Fsp3) is 0.474. The summed E-state index contributed by atoms with van der Waals surface area (Å²) >= 11 is 0. The first-order valence-electron chi connectivity index (χ1n) is 9.33. The van der Waals surface area contributed by atoms with Gasteiger partial charge in [0.1, 0.15) is 0 Å². The van der Waals surface area contributed by atoms with Gasteiger partial charge in [-0.1, -0.05) is 12.1 Å². The molecule has 0 N–H and O–H groups in total. The minimum absolute atomic E-state index is 0.254. The highest BCUT2D eigenvalue weighted by Crippen LogP contribution is 2.24. The zero-order valence-corrected chi connectivity index (χ0v) is 16.1. The van der Waals surface area contributed by atoms with Crippen molar-refractivity contribution in [3.8, 4) is 0 Å². The van der Waals surface area contributed by atoms with Crippen LogP contribution in [0.2, 0.25) is 0 Å². The molecule has 1 saturated heterocycles. The molecule has 1 aliphatic rings. The van der Waals surface area contributed by atoms with Crippen LogP contribution in [0.4, 0.5) is 22.2 Å². The monoisotopic (exact) mass is 370 g/mol. The third-order valence-corrected chi connectivity index (χ3v) is 4.54. The number of nitrogens with zero attached hydrogens (tertiary/aromatic N) is 6. The highest BCUT2D eigenvalue weighted by Gasteiger charge is 2.23. The lowest BCUT2D eigenvalue weighted by molar-refractivity contribution is 0.105. The lowest BCUT2D eigenvalue weighted by atomic mass is 10.2. The van der Waals surface area contributed by atoms with Gasteiger partial charge in [-0.05, 0) is 38.5 Å². The van der Waals surface area contributed by atoms with E-state index >= 15 is 0 Å². The fourth-order valence-electron chi connectivity index (χ4n) is 3.12. The summed E-state index contributed by atoms with van der Waals surface area (Å²) in [7, 11) is 0. The molecule has 3 rings (SSSR count). The molecule has 1 amide bonds. The van der Waals surface area contributed by atoms with Crippen molar-refractivity contribution in [3.05, 3.63) is 36.0 Å². The second-order valence-electron chi connectivity index (χ2n) is 6.37. The highest BCUT2D eigenvalue weighted by atomic mass is 16.6. The van der Waals surface area contributed by atoms with E-state index in [4.69, 9.17) is 9.72 Å². The van der Waals surface area contributed by atoms with Gasteiger partial charge in [-0.3, -0.25) is 0 Å². The first-order valence-corrected chi connectivity index (χ1v) is 9.33. The van der Waals surface area contributed by atoms with Crippen molar-refractivity contribution in [1.82, 2.24) is 20.1 Å². The summed E-state index contributed by atoms with van der Waals surface area (Å²) in [6.45, 7) is 9.67. The van der Waals surface area contributed by atoms with E-state index in [1.807, 2.05) is 24.0 Å². The molecule has 0 saturated carbocycles. The Hall–Kier alpha value is -2.90. The maximum absolute atomic E-state index is 11.8. The molecule has 0 unspecified atom stereocenters. The summed E-state index contributed by atoms with van der Waals surface area (Å²) in [6.07, 6.45) is 1.42. The number of piperazine rings is 1. The third-order valence-electron chi connectivity index (χ3n) is 4.54. The van der Waals surface area contributed by atoms with Crippen LogP contribution in [-0.4, -0.2) is 65.5 Å². The molecule has 144 valence electrons. The van der Waals surface area contributed by atoms with Crippen LogP contribution in [0.1, 0.15) is 19.4 Å². The SMILES string of the molecule is CCOC(=O)N1CCN(c2cnnc(N(CC)c3cccc(C)c3)n2)CC1. The van der Waals surface area contributed by atoms with E-state index in [1.165, 1.54) is 5.56 Å². The van der Waals surface area contributed by atoms with Crippen LogP contribution in [0.15, 0.2) is 30.5 Å². The third kappa shape index (κ3) is 4.45. The molecular formula is C19H26N6O2. The van der Waals surface area contributed by atoms with Crippen molar-refractivity contribution in [2.75, 3.05) is 49.1 Å². The van der Waals surface area contributed by atoms with Crippen LogP contribution in [-0.2, 0) is 4.74 Å². The minimum Gasteiger partial charge on any atom is -0.450 e. The lowest BCUT2D eigenvalue weighted by Gasteiger charge is -2.34. The van der Waals surface area contributed by atoms with E-state index in [9.17, 15) is 4.79 Å². The van der Waals surface area contributed by atoms with Crippen molar-refractivity contribution in [2.45, 2.75) is 20.8 Å². The van der Waals surface area contributed by atoms with Crippen LogP contribution >= 0.6 is 0 Å². The van der Waals surface area contributed by atoms with Crippen LogP contribution in [0, 0.1) is 6.92 Å². The maximum atomic E-state index is 11.8. The molecular weight excluding hydrogens is 344 g/mol. The molecule has 1 aromatic carbocycles. The average Bonchev–Trinajstić information content (AvgIpc) is 2.69. The quantitative estimate of drug-likeness (QED) is 0.801. The number of carbonyl (C=O) groups is 1. The number of ether oxygens (including phenoxy) is 1. The Labute approximate surface area is 159 Å². The molecule has 8 nitrogen and oxygen atoms in total. The van der Waals surface area contributed by atoms with E-state index in [1.54, 1.807) is 11.1 Å². The van der Waals surface area contributed by atoms with E-state index in [-0.39, 0.29) is 6.09 Å². The second-order valence-corrected chi connectivity index (χ2v) is 6.37. The van der Waals surface area contributed by atoms with Crippen LogP contribution in [0.25, 0.3) is 0 Å². The van der Waals surface area contributed by atoms with Gasteiger partial charge < -0.3 is 19.4 Å². The van der Waals surface area contributed by atoms with E-state index in [0.29, 0.717) is 38.7 Å². The Kier molecular flexibility index (Phi) is 6.05. The lowest BCUT2D eigenvalue weighted by Crippen LogP contribution is -2.49. The summed E-state index contributed by atoms with van der Waals surface area (Å²) in [6, 6.07) is 8.25. The molecule has 1 aliphatic heterocycles. The fourth-order valence-corrected chi connectivity index (χ4v) is 3.12. The van der Waals surface area contributed by atoms with Crippen molar-refractivity contribution in [1.29, 1.82) is 0 Å². The molecule has 0 spiro atoms. The molecule has 27 heavy (non-hydrogen) atoms. The Balaban J connectivity index is 1.73. The number of aryl methyl sites for hydroxylation is 1. The van der Waals surface area contributed by atoms with Gasteiger partial charge in [0, 0.05) is 38.4 Å². The molecule has 2 aromatic rings. The number of benzene rings is 1. The van der Waals surface area contributed by atoms with Gasteiger partial charge in [0.2, 0.25) is 0 Å². The van der Waals surface area contributed by atoms with E-state index in [0.717, 1.165) is 18.1 Å². The molecule has 0 bridgehead atoms. The Bertz CT molecular complexity index is 776. The predicted octanol–water partition coefficient (Wildman–Crippen LogP) is 2.62. The first kappa shape index (κ1) is 18.9. The molecule has 2 heterocycles. The smallest absolute Gasteiger partial charge is 0.409 e. The standard InChI is InChI=1S/C19H26N6O2/c1-4-25(16-8-6-7-15(3)13-16)18-21-17(14-20-22-18)23-9-11-24(12-10-23)19(26)27-5-2/h6-8,13-14H,4-5,9-12H2,1-3H3. The predicted molar refractivity (Wildman–Crippen MR) is 104 cm³/mol. The number of hydrogen-bond donors (Lipinski definition) is 0. The normalized spacial score (nSPS) is 14.2. The van der Waals surface area contributed by atoms with Crippen LogP contribution in [0.3, 0.4) is 0 Å². The van der Waals surface area contributed by atoms with Crippen LogP contribution in [0.5, 0.6) is 0 Å². The van der Waals surface area contributed by atoms with Gasteiger partial charge >= 0.3 is 6.09 Å². The number of hydrogen-bond acceptors (Lipinski definition) is 7. The average molecular weight is 370 g/mol. The summed E-state index contributed by atoms with van der Waals surface area (Å²) in [5.74, 6) is 1.35. The summed E-state index contributed by atoms with van der Waals surface area (Å²) < 4.78 is 5.07. The zero-order valence-electron chi connectivity index (χ0n) is 16.1. The summed E-state index contributed by atoms with van der Waals surface area (Å²) in [5.41, 5.74) is 2.23. The van der Waals surface area contributed by atoms with Crippen molar-refractivity contribution < 1.29 is 9.53 Å². The maximum Gasteiger partial charge on any atom is 0.409 e. The summed E-state index contributed by atoms with van der Waals surface area (Å²) in [4.78, 5) is 22.5. The van der Waals surface area contributed by atoms with Gasteiger partial charge in [0.25, 0.3) is 5.95 Å². The molecule has 1 fully saturated rings. The Morgan fingerprint density at radius 1 is 1.22 bits per heavy atom. The number of anilines is 3. The Morgan fingerprint density at radius 3 is 2.67 bits per heavy atom. The van der Waals surface area contributed by atoms with Gasteiger partial charge in [0.05, 0.1) is 12.8 Å². The van der Waals surface area contributed by atoms with Crippen molar-refractivity contribution in [3.63, 3.8) is 0 Å². The second kappa shape index (κ2) is 8.66. The first-order chi connectivity index (χ1) is 13.1. The van der Waals surface area contributed by atoms with Gasteiger partial charge in [-0.15, -0.1) is 5.10 Å². The molecule has 1 aromatic heterocycles. The van der Waals surface area contributed by atoms with Crippen LogP contribution < -0.4 is 9.80 Å². The highest BCUT2D eigenvalue weighted by molar-refractivity contribution is 5.68. The molecule has 8 heteroatoms. The Morgan fingerprint density at radius 2 is 2.00 bits per heavy atom. The minimum atomic E-state index is -0.254. The van der Waals surface area contributed by atoms with E-state index < -0.39 is 0 Å². The summed E-state index contributed by atoms with van der Waals surface area (Å²) in [5, 5.41) is 8.39. The topological polar surface area (TPSA) is 74.7 Å². The number of aromatic nitrogens is 3. The van der Waals surface area contributed by atoms with Gasteiger partial charge in [-0.25, -0.2) is 4.79 Å². The van der Waals surface area contributed by atoms with Gasteiger partial charge in [-0.2, -0.15) is 10.1 Å². The van der Waals surface area contributed by atoms with Crippen molar-refractivity contribution in [2.24, 2.45) is 0 Å². The number of carbonyl (C=O) groups excluding carboxylic acids is 1. The zero-order chi connectivity index (χ0) is 19.2. The number of amides is 1. The number of rotatable bonds is 5. The largest absolute Gasteiger partial charge is 0.450 e.